The Hall–Kier alpha value is -1.41. The summed E-state index contributed by atoms with van der Waals surface area (Å²) < 4.78 is 38.9. The van der Waals surface area contributed by atoms with Crippen LogP contribution in [0.5, 0.6) is 0 Å². The molecule has 17 atom stereocenters. The van der Waals surface area contributed by atoms with Crippen LogP contribution in [0.4, 0.5) is 4.39 Å². The Labute approximate surface area is 308 Å². The number of aliphatic hydroxyl groups is 5. The average Bonchev–Trinajstić information content (AvgIpc) is 3.61. The highest BCUT2D eigenvalue weighted by molar-refractivity contribution is 5.66. The van der Waals surface area contributed by atoms with Gasteiger partial charge in [0.15, 0.2) is 6.29 Å². The molecule has 5 N–H and O–H groups in total. The van der Waals surface area contributed by atoms with Crippen molar-refractivity contribution in [1.82, 2.24) is 0 Å². The zero-order chi connectivity index (χ0) is 38.6. The number of carbonyl (C=O) groups excluding carboxylic acids is 2. The SMILES string of the molecule is CC(=O)OC[C@H]1O[C@@H](O[C@@H]2C[C@H]3C(C)(C)[C@H](OC(C)=O)CC[C@]3(C)[C@H]3CC[C@]45C[C@]4(CC[C@H]5[C@@H](C)C[C@@H](O)C(O)C(C)(C)F)[C@@]32C)[C@H](O)[C@@H](O)[C@@H]1O. The highest BCUT2D eigenvalue weighted by atomic mass is 19.1. The molecule has 0 aromatic heterocycles. The van der Waals surface area contributed by atoms with Crippen molar-refractivity contribution in [2.24, 2.45) is 50.7 Å². The number of ether oxygens (including phenoxy) is 4. The van der Waals surface area contributed by atoms with Crippen LogP contribution in [-0.2, 0) is 28.5 Å². The van der Waals surface area contributed by atoms with Crippen LogP contribution in [0.1, 0.15) is 120 Å². The van der Waals surface area contributed by atoms with Crippen molar-refractivity contribution in [3.8, 4) is 0 Å². The molecule has 298 valence electrons. The molecular formula is C40H65FO11. The third-order valence-electron chi connectivity index (χ3n) is 16.1. The summed E-state index contributed by atoms with van der Waals surface area (Å²) in [4.78, 5) is 23.9. The summed E-state index contributed by atoms with van der Waals surface area (Å²) >= 11 is 0. The van der Waals surface area contributed by atoms with Crippen LogP contribution in [0.25, 0.3) is 0 Å². The van der Waals surface area contributed by atoms with Gasteiger partial charge in [0.1, 0.15) is 48.9 Å². The predicted octanol–water partition coefficient (Wildman–Crippen LogP) is 4.22. The fourth-order valence-corrected chi connectivity index (χ4v) is 13.7. The lowest BCUT2D eigenvalue weighted by Crippen LogP contribution is -2.68. The summed E-state index contributed by atoms with van der Waals surface area (Å²) in [6, 6.07) is 0. The maximum atomic E-state index is 14.6. The highest BCUT2D eigenvalue weighted by Gasteiger charge is 2.85. The third kappa shape index (κ3) is 5.99. The van der Waals surface area contributed by atoms with Crippen molar-refractivity contribution in [2.45, 2.75) is 181 Å². The Kier molecular flexibility index (Phi) is 10.3. The minimum Gasteiger partial charge on any atom is -0.463 e. The zero-order valence-corrected chi connectivity index (χ0v) is 32.6. The van der Waals surface area contributed by atoms with E-state index in [4.69, 9.17) is 18.9 Å². The van der Waals surface area contributed by atoms with Crippen molar-refractivity contribution < 1.29 is 58.5 Å². The number of fused-ring (bicyclic) bond motifs is 3. The fourth-order valence-electron chi connectivity index (χ4n) is 13.7. The normalized spacial score (nSPS) is 48.2. The van der Waals surface area contributed by atoms with Gasteiger partial charge in [-0.05, 0) is 112 Å². The average molecular weight is 741 g/mol. The third-order valence-corrected chi connectivity index (χ3v) is 16.1. The molecule has 52 heavy (non-hydrogen) atoms. The maximum Gasteiger partial charge on any atom is 0.302 e. The molecule has 0 aromatic carbocycles. The number of aliphatic hydroxyl groups excluding tert-OH is 5. The summed E-state index contributed by atoms with van der Waals surface area (Å²) in [5, 5.41) is 54.5. The molecular weight excluding hydrogens is 675 g/mol. The number of esters is 2. The molecule has 12 heteroatoms. The Morgan fingerprint density at radius 2 is 1.58 bits per heavy atom. The van der Waals surface area contributed by atoms with Gasteiger partial charge in [0.2, 0.25) is 0 Å². The van der Waals surface area contributed by atoms with E-state index in [0.29, 0.717) is 12.8 Å². The van der Waals surface area contributed by atoms with E-state index >= 15 is 0 Å². The predicted molar refractivity (Wildman–Crippen MR) is 187 cm³/mol. The molecule has 0 bridgehead atoms. The van der Waals surface area contributed by atoms with Crippen LogP contribution in [0, 0.1) is 50.7 Å². The van der Waals surface area contributed by atoms with E-state index < -0.39 is 71.5 Å². The molecule has 0 amide bonds. The molecule has 1 unspecified atom stereocenters. The van der Waals surface area contributed by atoms with E-state index in [2.05, 4.69) is 34.6 Å². The van der Waals surface area contributed by atoms with E-state index in [1.807, 2.05) is 0 Å². The van der Waals surface area contributed by atoms with Crippen molar-refractivity contribution in [2.75, 3.05) is 6.61 Å². The van der Waals surface area contributed by atoms with Gasteiger partial charge in [0, 0.05) is 24.7 Å². The number of hydrogen-bond acceptors (Lipinski definition) is 11. The Bertz CT molecular complexity index is 1370. The van der Waals surface area contributed by atoms with Crippen LogP contribution < -0.4 is 0 Å². The smallest absolute Gasteiger partial charge is 0.302 e. The van der Waals surface area contributed by atoms with E-state index in [1.54, 1.807) is 0 Å². The molecule has 6 rings (SSSR count). The Morgan fingerprint density at radius 1 is 0.904 bits per heavy atom. The van der Waals surface area contributed by atoms with Crippen LogP contribution in [0.3, 0.4) is 0 Å². The largest absolute Gasteiger partial charge is 0.463 e. The molecule has 1 aliphatic heterocycles. The van der Waals surface area contributed by atoms with Gasteiger partial charge in [0.25, 0.3) is 0 Å². The van der Waals surface area contributed by atoms with Crippen molar-refractivity contribution in [1.29, 1.82) is 0 Å². The van der Waals surface area contributed by atoms with Gasteiger partial charge in [-0.25, -0.2) is 4.39 Å². The van der Waals surface area contributed by atoms with Gasteiger partial charge < -0.3 is 44.5 Å². The van der Waals surface area contributed by atoms with E-state index in [1.165, 1.54) is 27.7 Å². The molecule has 5 saturated carbocycles. The fraction of sp³-hybridized carbons (Fsp3) is 0.950. The van der Waals surface area contributed by atoms with Gasteiger partial charge >= 0.3 is 11.9 Å². The highest BCUT2D eigenvalue weighted by Crippen LogP contribution is 2.91. The van der Waals surface area contributed by atoms with Gasteiger partial charge in [-0.2, -0.15) is 0 Å². The second-order valence-electron chi connectivity index (χ2n) is 19.4. The molecule has 0 spiro atoms. The quantitative estimate of drug-likeness (QED) is 0.161. The monoisotopic (exact) mass is 740 g/mol. The van der Waals surface area contributed by atoms with Crippen molar-refractivity contribution >= 4 is 11.9 Å². The topological polar surface area (TPSA) is 172 Å². The zero-order valence-electron chi connectivity index (χ0n) is 32.6. The molecule has 1 heterocycles. The molecule has 0 aromatic rings. The van der Waals surface area contributed by atoms with Crippen LogP contribution in [0.2, 0.25) is 0 Å². The van der Waals surface area contributed by atoms with Crippen LogP contribution in [-0.4, -0.2) is 105 Å². The van der Waals surface area contributed by atoms with E-state index in [0.717, 1.165) is 44.9 Å². The second-order valence-corrected chi connectivity index (χ2v) is 19.4. The molecule has 6 aliphatic rings. The number of rotatable bonds is 10. The van der Waals surface area contributed by atoms with Crippen LogP contribution >= 0.6 is 0 Å². The lowest BCUT2D eigenvalue weighted by Gasteiger charge is -2.69. The first kappa shape index (κ1) is 40.3. The maximum absolute atomic E-state index is 14.6. The minimum atomic E-state index is -1.92. The van der Waals surface area contributed by atoms with Crippen molar-refractivity contribution in [3.05, 3.63) is 0 Å². The standard InChI is InChI=1S/C40H65FO11/c1-20(16-24(44)33(48)36(6,7)41)23-10-15-40-19-39(23,40)14-11-26-37(8)13-12-28(50-22(3)43)35(4,5)27(37)17-29(38(26,40)9)52-34-32(47)31(46)30(45)25(51-34)18-49-21(2)42/h20,23-34,44-48H,10-19H2,1-9H3/t20-,23-,24+,25+,26+,27-,28+,29+,30+,31-,32+,33?,34-,37+,38-,39+,40+/m0/s1. The van der Waals surface area contributed by atoms with E-state index in [9.17, 15) is 39.5 Å². The van der Waals surface area contributed by atoms with Gasteiger partial charge in [-0.1, -0.05) is 34.6 Å². The summed E-state index contributed by atoms with van der Waals surface area (Å²) in [6.45, 7) is 16.2. The Morgan fingerprint density at radius 3 is 2.19 bits per heavy atom. The van der Waals surface area contributed by atoms with Crippen LogP contribution in [0.15, 0.2) is 0 Å². The summed E-state index contributed by atoms with van der Waals surface area (Å²) in [6.07, 6.45) is -3.06. The number of hydrogen-bond donors (Lipinski definition) is 5. The number of carbonyl (C=O) groups is 2. The summed E-state index contributed by atoms with van der Waals surface area (Å²) in [7, 11) is 0. The summed E-state index contributed by atoms with van der Waals surface area (Å²) in [5.41, 5.74) is -2.98. The van der Waals surface area contributed by atoms with Gasteiger partial charge in [-0.3, -0.25) is 9.59 Å². The minimum absolute atomic E-state index is 0.0253. The lowest BCUT2D eigenvalue weighted by molar-refractivity contribution is -0.344. The van der Waals surface area contributed by atoms with Crippen molar-refractivity contribution in [3.63, 3.8) is 0 Å². The molecule has 5 aliphatic carbocycles. The number of alkyl halides is 1. The second kappa shape index (κ2) is 13.4. The van der Waals surface area contributed by atoms with Gasteiger partial charge in [-0.15, -0.1) is 0 Å². The molecule has 1 saturated heterocycles. The lowest BCUT2D eigenvalue weighted by atomic mass is 9.37. The molecule has 11 nitrogen and oxygen atoms in total. The first-order chi connectivity index (χ1) is 24.0. The molecule has 0 radical (unpaired) electrons. The van der Waals surface area contributed by atoms with Gasteiger partial charge in [0.05, 0.1) is 12.2 Å². The van der Waals surface area contributed by atoms with E-state index in [-0.39, 0.29) is 58.6 Å². The molecule has 6 fully saturated rings. The first-order valence-corrected chi connectivity index (χ1v) is 19.7. The summed E-state index contributed by atoms with van der Waals surface area (Å²) in [5.74, 6) is -0.280. The first-order valence-electron chi connectivity index (χ1n) is 19.7. The Balaban J connectivity index is 1.36. The number of halogens is 1.